The summed E-state index contributed by atoms with van der Waals surface area (Å²) in [7, 11) is 3.06. The van der Waals surface area contributed by atoms with Gasteiger partial charge in [0, 0.05) is 5.41 Å². The van der Waals surface area contributed by atoms with Crippen LogP contribution in [-0.2, 0) is 10.2 Å². The molecule has 6 heteroatoms. The summed E-state index contributed by atoms with van der Waals surface area (Å²) in [4.78, 5) is 20.3. The lowest BCUT2D eigenvalue weighted by atomic mass is 9.82. The maximum atomic E-state index is 11.7. The molecule has 2 aromatic rings. The number of thioether (sulfide) groups is 1. The van der Waals surface area contributed by atoms with Gasteiger partial charge in [0.25, 0.3) is 0 Å². The van der Waals surface area contributed by atoms with Gasteiger partial charge in [-0.05, 0) is 5.56 Å². The highest BCUT2D eigenvalue weighted by molar-refractivity contribution is 8.00. The van der Waals surface area contributed by atoms with Crippen LogP contribution in [0, 0.1) is 0 Å². The molecule has 0 fully saturated rings. The Kier molecular flexibility index (Phi) is 5.60. The van der Waals surface area contributed by atoms with Crippen molar-refractivity contribution in [2.75, 3.05) is 14.2 Å². The first kappa shape index (κ1) is 17.3. The van der Waals surface area contributed by atoms with Gasteiger partial charge in [0.05, 0.1) is 25.5 Å². The molecule has 0 saturated carbocycles. The van der Waals surface area contributed by atoms with Crippen molar-refractivity contribution in [1.82, 2.24) is 9.97 Å². The molecule has 2 rings (SSSR count). The molecule has 0 saturated heterocycles. The molecule has 0 bridgehead atoms. The van der Waals surface area contributed by atoms with E-state index in [2.05, 4.69) is 9.97 Å². The maximum absolute atomic E-state index is 11.7. The van der Waals surface area contributed by atoms with E-state index in [0.29, 0.717) is 16.9 Å². The van der Waals surface area contributed by atoms with E-state index >= 15 is 0 Å². The number of methoxy groups -OCH3 is 2. The number of benzene rings is 1. The molecule has 23 heavy (non-hydrogen) atoms. The molecule has 0 radical (unpaired) electrons. The van der Waals surface area contributed by atoms with Gasteiger partial charge in [-0.15, -0.1) is 0 Å². The van der Waals surface area contributed by atoms with Gasteiger partial charge in [-0.1, -0.05) is 55.9 Å². The number of rotatable bonds is 7. The van der Waals surface area contributed by atoms with Crippen LogP contribution in [0.25, 0.3) is 0 Å². The number of ether oxygens (including phenoxy) is 2. The molecule has 0 aliphatic carbocycles. The van der Waals surface area contributed by atoms with Crippen molar-refractivity contribution in [3.05, 3.63) is 42.0 Å². The Morgan fingerprint density at radius 1 is 1.09 bits per heavy atom. The second-order valence-electron chi connectivity index (χ2n) is 5.50. The zero-order valence-corrected chi connectivity index (χ0v) is 14.5. The first-order chi connectivity index (χ1) is 11.0. The maximum Gasteiger partial charge on any atom is 0.220 e. The lowest BCUT2D eigenvalue weighted by Crippen LogP contribution is -2.32. The van der Waals surface area contributed by atoms with Gasteiger partial charge in [0.15, 0.2) is 5.16 Å². The Balaban J connectivity index is 2.31. The second kappa shape index (κ2) is 7.46. The summed E-state index contributed by atoms with van der Waals surface area (Å²) in [5.74, 6) is 0.808. The third-order valence-electron chi connectivity index (χ3n) is 3.66. The molecule has 0 aliphatic rings. The Hall–Kier alpha value is -2.08. The van der Waals surface area contributed by atoms with Gasteiger partial charge in [-0.25, -0.2) is 0 Å². The summed E-state index contributed by atoms with van der Waals surface area (Å²) in [5.41, 5.74) is 0.715. The Morgan fingerprint density at radius 2 is 1.65 bits per heavy atom. The van der Waals surface area contributed by atoms with Crippen molar-refractivity contribution in [2.45, 2.75) is 29.7 Å². The van der Waals surface area contributed by atoms with Crippen molar-refractivity contribution in [3.8, 4) is 11.8 Å². The highest BCUT2D eigenvalue weighted by Gasteiger charge is 2.33. The summed E-state index contributed by atoms with van der Waals surface area (Å²) in [6.45, 7) is 4.07. The minimum atomic E-state index is -0.368. The zero-order chi connectivity index (χ0) is 16.9. The van der Waals surface area contributed by atoms with Crippen LogP contribution >= 0.6 is 11.8 Å². The first-order valence-electron chi connectivity index (χ1n) is 7.15. The smallest absolute Gasteiger partial charge is 0.220 e. The van der Waals surface area contributed by atoms with E-state index in [9.17, 15) is 4.79 Å². The summed E-state index contributed by atoms with van der Waals surface area (Å²) in [6, 6.07) is 11.5. The molecule has 1 heterocycles. The standard InChI is InChI=1S/C17H20N2O3S/c1-17(2,12-8-6-5-7-9-12)13(11-20)23-16-18-14(21-3)10-15(19-16)22-4/h5-11,13H,1-4H3. The monoisotopic (exact) mass is 332 g/mol. The molecule has 1 atom stereocenters. The van der Waals surface area contributed by atoms with E-state index in [-0.39, 0.29) is 10.7 Å². The van der Waals surface area contributed by atoms with Crippen molar-refractivity contribution >= 4 is 18.0 Å². The van der Waals surface area contributed by atoms with Crippen LogP contribution in [0.1, 0.15) is 19.4 Å². The van der Waals surface area contributed by atoms with E-state index < -0.39 is 0 Å². The average Bonchev–Trinajstić information content (AvgIpc) is 2.59. The van der Waals surface area contributed by atoms with Crippen molar-refractivity contribution < 1.29 is 14.3 Å². The minimum Gasteiger partial charge on any atom is -0.481 e. The zero-order valence-electron chi connectivity index (χ0n) is 13.6. The van der Waals surface area contributed by atoms with Crippen molar-refractivity contribution in [2.24, 2.45) is 0 Å². The molecular formula is C17H20N2O3S. The third-order valence-corrected chi connectivity index (χ3v) is 5.01. The lowest BCUT2D eigenvalue weighted by Gasteiger charge is -2.30. The van der Waals surface area contributed by atoms with Gasteiger partial charge in [0.1, 0.15) is 6.29 Å². The predicted molar refractivity (Wildman–Crippen MR) is 90.3 cm³/mol. The van der Waals surface area contributed by atoms with Gasteiger partial charge in [0.2, 0.25) is 11.8 Å². The van der Waals surface area contributed by atoms with E-state index in [0.717, 1.165) is 11.8 Å². The predicted octanol–water partition coefficient (Wildman–Crippen LogP) is 3.13. The van der Waals surface area contributed by atoms with Gasteiger partial charge in [-0.3, -0.25) is 0 Å². The number of nitrogens with zero attached hydrogens (tertiary/aromatic N) is 2. The molecular weight excluding hydrogens is 312 g/mol. The normalized spacial score (nSPS) is 12.5. The van der Waals surface area contributed by atoms with Gasteiger partial charge >= 0.3 is 0 Å². The quantitative estimate of drug-likeness (QED) is 0.441. The summed E-state index contributed by atoms with van der Waals surface area (Å²) in [6.07, 6.45) is 0.937. The van der Waals surface area contributed by atoms with Crippen LogP contribution in [0.2, 0.25) is 0 Å². The average molecular weight is 332 g/mol. The summed E-state index contributed by atoms with van der Waals surface area (Å²) >= 11 is 1.30. The summed E-state index contributed by atoms with van der Waals surface area (Å²) in [5, 5.41) is 0.101. The Labute approximate surface area is 140 Å². The van der Waals surface area contributed by atoms with Crippen LogP contribution < -0.4 is 9.47 Å². The minimum absolute atomic E-state index is 0.346. The molecule has 1 aromatic carbocycles. The number of aldehydes is 1. The SMILES string of the molecule is COc1cc(OC)nc(SC(C=O)C(C)(C)c2ccccc2)n1. The van der Waals surface area contributed by atoms with E-state index in [1.165, 1.54) is 26.0 Å². The highest BCUT2D eigenvalue weighted by Crippen LogP contribution is 2.37. The van der Waals surface area contributed by atoms with Crippen LogP contribution in [-0.4, -0.2) is 35.7 Å². The molecule has 0 amide bonds. The van der Waals surface area contributed by atoms with Crippen LogP contribution in [0.3, 0.4) is 0 Å². The number of aromatic nitrogens is 2. The van der Waals surface area contributed by atoms with E-state index in [4.69, 9.17) is 9.47 Å². The summed E-state index contributed by atoms with van der Waals surface area (Å²) < 4.78 is 10.3. The molecule has 5 nitrogen and oxygen atoms in total. The van der Waals surface area contributed by atoms with Crippen LogP contribution in [0.4, 0.5) is 0 Å². The van der Waals surface area contributed by atoms with Crippen LogP contribution in [0.5, 0.6) is 11.8 Å². The Bertz CT molecular complexity index is 640. The Morgan fingerprint density at radius 3 is 2.13 bits per heavy atom. The number of carbonyl (C=O) groups excluding carboxylic acids is 1. The fourth-order valence-electron chi connectivity index (χ4n) is 2.14. The van der Waals surface area contributed by atoms with Crippen molar-refractivity contribution in [1.29, 1.82) is 0 Å². The van der Waals surface area contributed by atoms with Crippen LogP contribution in [0.15, 0.2) is 41.6 Å². The lowest BCUT2D eigenvalue weighted by molar-refractivity contribution is -0.108. The fraction of sp³-hybridized carbons (Fsp3) is 0.353. The molecule has 0 N–H and O–H groups in total. The van der Waals surface area contributed by atoms with E-state index in [1.54, 1.807) is 6.07 Å². The number of hydrogen-bond donors (Lipinski definition) is 0. The number of hydrogen-bond acceptors (Lipinski definition) is 6. The molecule has 0 spiro atoms. The van der Waals surface area contributed by atoms with Gasteiger partial charge < -0.3 is 14.3 Å². The topological polar surface area (TPSA) is 61.3 Å². The van der Waals surface area contributed by atoms with Gasteiger partial charge in [-0.2, -0.15) is 9.97 Å². The second-order valence-corrected chi connectivity index (χ2v) is 6.61. The first-order valence-corrected chi connectivity index (χ1v) is 8.03. The van der Waals surface area contributed by atoms with E-state index in [1.807, 2.05) is 44.2 Å². The van der Waals surface area contributed by atoms with Crippen molar-refractivity contribution in [3.63, 3.8) is 0 Å². The molecule has 1 aromatic heterocycles. The number of carbonyl (C=O) groups is 1. The molecule has 0 aliphatic heterocycles. The molecule has 122 valence electrons. The largest absolute Gasteiger partial charge is 0.481 e. The fourth-order valence-corrected chi connectivity index (χ4v) is 3.14. The highest BCUT2D eigenvalue weighted by atomic mass is 32.2. The third kappa shape index (κ3) is 4.01. The molecule has 1 unspecified atom stereocenters.